The maximum Gasteiger partial charge on any atom is 0.352 e. The number of aromatic nitrogens is 2. The van der Waals surface area contributed by atoms with Crippen molar-refractivity contribution in [2.75, 3.05) is 28.7 Å². The fourth-order valence-electron chi connectivity index (χ4n) is 4.00. The summed E-state index contributed by atoms with van der Waals surface area (Å²) in [5.74, 6) is -0.321. The third kappa shape index (κ3) is 6.60. The summed E-state index contributed by atoms with van der Waals surface area (Å²) in [5, 5.41) is 13.7. The Morgan fingerprint density at radius 2 is 2.08 bits per heavy atom. The molecule has 0 aliphatic carbocycles. The van der Waals surface area contributed by atoms with Gasteiger partial charge in [-0.1, -0.05) is 40.3 Å². The molecule has 0 spiro atoms. The van der Waals surface area contributed by atoms with Crippen LogP contribution in [-0.4, -0.2) is 61.4 Å². The summed E-state index contributed by atoms with van der Waals surface area (Å²) in [6.45, 7) is 2.57. The molecule has 1 fully saturated rings. The number of thioether (sulfide) groups is 3. The van der Waals surface area contributed by atoms with Crippen molar-refractivity contribution in [3.63, 3.8) is 0 Å². The second-order valence-corrected chi connectivity index (χ2v) is 12.3. The van der Waals surface area contributed by atoms with Gasteiger partial charge in [-0.25, -0.2) is 9.36 Å². The highest BCUT2D eigenvalue weighted by atomic mass is 35.5. The molecule has 2 atom stereocenters. The van der Waals surface area contributed by atoms with Crippen molar-refractivity contribution < 1.29 is 24.1 Å². The van der Waals surface area contributed by atoms with E-state index in [1.165, 1.54) is 40.2 Å². The molecule has 4 rings (SSSR count). The first-order valence-electron chi connectivity index (χ1n) is 11.6. The van der Waals surface area contributed by atoms with Crippen LogP contribution in [0.2, 0.25) is 10.0 Å². The second-order valence-electron chi connectivity index (χ2n) is 8.34. The van der Waals surface area contributed by atoms with Crippen LogP contribution in [0.15, 0.2) is 57.7 Å². The molecule has 3 heterocycles. The zero-order valence-electron chi connectivity index (χ0n) is 20.6. The number of anilines is 2. The zero-order valence-corrected chi connectivity index (χ0v) is 24.6. The molecule has 2 aliphatic rings. The van der Waals surface area contributed by atoms with Gasteiger partial charge in [0.2, 0.25) is 17.5 Å². The first-order chi connectivity index (χ1) is 18.6. The van der Waals surface area contributed by atoms with Gasteiger partial charge in [0.15, 0.2) is 0 Å². The number of amides is 2. The van der Waals surface area contributed by atoms with Crippen LogP contribution in [0.3, 0.4) is 0 Å². The van der Waals surface area contributed by atoms with E-state index in [-0.39, 0.29) is 17.4 Å². The number of nitrogen functional groups attached to an aromatic ring is 2. The van der Waals surface area contributed by atoms with Crippen molar-refractivity contribution in [2.45, 2.75) is 34.9 Å². The molecule has 39 heavy (non-hydrogen) atoms. The number of fused-ring (bicyclic) bond motifs is 1. The lowest BCUT2D eigenvalue weighted by atomic mass is 10.0. The highest BCUT2D eigenvalue weighted by Crippen LogP contribution is 2.41. The Morgan fingerprint density at radius 1 is 1.31 bits per heavy atom. The van der Waals surface area contributed by atoms with Gasteiger partial charge in [-0.05, 0) is 42.5 Å². The molecule has 1 aromatic carbocycles. The fourth-order valence-corrected chi connectivity index (χ4v) is 7.53. The van der Waals surface area contributed by atoms with E-state index in [0.29, 0.717) is 55.4 Å². The quantitative estimate of drug-likeness (QED) is 0.134. The molecule has 206 valence electrons. The summed E-state index contributed by atoms with van der Waals surface area (Å²) < 4.78 is 1.83. The predicted molar refractivity (Wildman–Crippen MR) is 156 cm³/mol. The van der Waals surface area contributed by atoms with Gasteiger partial charge in [0, 0.05) is 21.4 Å². The number of allylic oxidation sites excluding steroid dienone is 1. The van der Waals surface area contributed by atoms with Crippen LogP contribution in [0.4, 0.5) is 11.6 Å². The number of carboxylic acid groups (broad SMARTS) is 1. The van der Waals surface area contributed by atoms with Crippen molar-refractivity contribution in [1.82, 2.24) is 15.2 Å². The predicted octanol–water partition coefficient (Wildman–Crippen LogP) is 3.04. The van der Waals surface area contributed by atoms with E-state index < -0.39 is 23.3 Å². The first kappa shape index (κ1) is 29.4. The molecule has 2 amide bonds. The van der Waals surface area contributed by atoms with Gasteiger partial charge in [0.1, 0.15) is 17.1 Å². The van der Waals surface area contributed by atoms with Gasteiger partial charge < -0.3 is 21.9 Å². The second kappa shape index (κ2) is 12.7. The normalized spacial score (nSPS) is 18.7. The molecule has 2 aliphatic heterocycles. The molecular weight excluding hydrogens is 603 g/mol. The Labute approximate surface area is 247 Å². The Kier molecular flexibility index (Phi) is 9.60. The Balaban J connectivity index is 1.38. The summed E-state index contributed by atoms with van der Waals surface area (Å²) in [7, 11) is 0. The van der Waals surface area contributed by atoms with Crippen molar-refractivity contribution in [1.29, 1.82) is 0 Å². The van der Waals surface area contributed by atoms with E-state index in [9.17, 15) is 19.5 Å². The van der Waals surface area contributed by atoms with Gasteiger partial charge in [0.25, 0.3) is 5.91 Å². The maximum absolute atomic E-state index is 12.9. The Morgan fingerprint density at radius 3 is 2.79 bits per heavy atom. The van der Waals surface area contributed by atoms with E-state index in [2.05, 4.69) is 10.3 Å². The van der Waals surface area contributed by atoms with Crippen LogP contribution in [0.25, 0.3) is 0 Å². The summed E-state index contributed by atoms with van der Waals surface area (Å²) in [6, 6.07) is 5.75. The van der Waals surface area contributed by atoms with Crippen molar-refractivity contribution in [2.24, 2.45) is 0 Å². The lowest BCUT2D eigenvalue weighted by Gasteiger charge is -2.49. The van der Waals surface area contributed by atoms with E-state index in [1.807, 2.05) is 17.6 Å². The minimum absolute atomic E-state index is 0.0279. The number of aliphatic carboxylic acids is 1. The van der Waals surface area contributed by atoms with Gasteiger partial charge in [-0.2, -0.15) is 0 Å². The zero-order chi connectivity index (χ0) is 28.3. The van der Waals surface area contributed by atoms with Crippen LogP contribution in [0.5, 0.6) is 0 Å². The number of halogens is 2. The molecule has 10 nitrogen and oxygen atoms in total. The van der Waals surface area contributed by atoms with Crippen molar-refractivity contribution >= 4 is 87.9 Å². The highest BCUT2D eigenvalue weighted by molar-refractivity contribution is 8.00. The van der Waals surface area contributed by atoms with Crippen LogP contribution in [0, 0.1) is 0 Å². The average molecular weight is 629 g/mol. The highest BCUT2D eigenvalue weighted by Gasteiger charge is 2.53. The average Bonchev–Trinajstić information content (AvgIpc) is 2.89. The third-order valence-electron chi connectivity index (χ3n) is 5.78. The lowest BCUT2D eigenvalue weighted by Crippen LogP contribution is -2.70. The van der Waals surface area contributed by atoms with Crippen LogP contribution >= 0.6 is 58.5 Å². The standard InChI is InChI=1S/C24H24Cl2N6O4S3/c1-2-31-17(28)9-16(27)29-24(31)37-7-3-4-12-10-39-22-19(21(34)32(22)20(12)23(35)36)30-18(33)11-38-15-8-13(25)5-6-14(15)26/h3-6,8-9,19,22H,2,7,10-11H2,1H3,(H5,27,28,30,33,35,36)/p+1. The minimum Gasteiger partial charge on any atom is -0.477 e. The van der Waals surface area contributed by atoms with Crippen molar-refractivity contribution in [3.05, 3.63) is 57.7 Å². The molecule has 0 radical (unpaired) electrons. The van der Waals surface area contributed by atoms with Gasteiger partial charge in [-0.3, -0.25) is 14.5 Å². The number of nitrogens with zero attached hydrogens (tertiary/aromatic N) is 3. The molecule has 0 saturated carbocycles. The van der Waals surface area contributed by atoms with Gasteiger partial charge in [-0.15, -0.1) is 23.5 Å². The van der Waals surface area contributed by atoms with Gasteiger partial charge in [0.05, 0.1) is 23.4 Å². The number of rotatable bonds is 10. The van der Waals surface area contributed by atoms with E-state index in [4.69, 9.17) is 34.7 Å². The number of carbonyl (C=O) groups excluding carboxylic acids is 2. The largest absolute Gasteiger partial charge is 0.477 e. The number of benzene rings is 1. The van der Waals surface area contributed by atoms with Crippen LogP contribution in [0.1, 0.15) is 6.92 Å². The van der Waals surface area contributed by atoms with Crippen LogP contribution < -0.4 is 21.4 Å². The molecule has 0 bridgehead atoms. The Bertz CT molecular complexity index is 1390. The number of nitrogens with two attached hydrogens (primary N) is 2. The smallest absolute Gasteiger partial charge is 0.352 e. The first-order valence-corrected chi connectivity index (χ1v) is 15.4. The molecular formula is C24H25Cl2N6O4S3+. The number of hydrogen-bond acceptors (Lipinski definition) is 9. The van der Waals surface area contributed by atoms with E-state index in [1.54, 1.807) is 30.3 Å². The van der Waals surface area contributed by atoms with Gasteiger partial charge >= 0.3 is 11.1 Å². The summed E-state index contributed by atoms with van der Waals surface area (Å²) in [6.07, 6.45) is 3.52. The number of hydrogen-bond donors (Lipinski definition) is 4. The summed E-state index contributed by atoms with van der Waals surface area (Å²) in [4.78, 5) is 43.8. The molecule has 15 heteroatoms. The lowest BCUT2D eigenvalue weighted by molar-refractivity contribution is -0.719. The maximum atomic E-state index is 12.9. The fraction of sp³-hybridized carbons (Fsp3) is 0.292. The Hall–Kier alpha value is -2.58. The monoisotopic (exact) mass is 627 g/mol. The number of β-lactam (4-membered cyclic amide) rings is 1. The molecule has 2 unspecified atom stereocenters. The SMILES string of the molecule is CC[n+]1c(N)cc(N)nc1SCC=CC1=C(C(=O)O)N2C(=O)C(NC(=O)CSc3cc(Cl)ccc3Cl)C2SC1. The summed E-state index contributed by atoms with van der Waals surface area (Å²) in [5.41, 5.74) is 12.3. The number of carbonyl (C=O) groups is 3. The van der Waals surface area contributed by atoms with Crippen molar-refractivity contribution in [3.8, 4) is 0 Å². The minimum atomic E-state index is -1.20. The molecule has 6 N–H and O–H groups in total. The van der Waals surface area contributed by atoms with Crippen LogP contribution in [-0.2, 0) is 20.9 Å². The number of nitrogens with one attached hydrogen (secondary N) is 1. The molecule has 1 saturated heterocycles. The molecule has 2 aromatic rings. The third-order valence-corrected chi connectivity index (χ3v) is 9.74. The topological polar surface area (TPSA) is 156 Å². The molecule has 1 aromatic heterocycles. The van der Waals surface area contributed by atoms with E-state index >= 15 is 0 Å². The number of carboxylic acids is 1. The van der Waals surface area contributed by atoms with E-state index in [0.717, 1.165) is 0 Å². The summed E-state index contributed by atoms with van der Waals surface area (Å²) >= 11 is 16.1.